The number of hydrogen-bond donors (Lipinski definition) is 1. The van der Waals surface area contributed by atoms with E-state index in [4.69, 9.17) is 14.2 Å². The average molecular weight is 385 g/mol. The first-order valence-electron chi connectivity index (χ1n) is 8.42. The smallest absolute Gasteiger partial charge is 0.277 e. The minimum Gasteiger partial charge on any atom is -0.546 e. The van der Waals surface area contributed by atoms with Crippen molar-refractivity contribution in [3.8, 4) is 17.2 Å². The number of amides is 1. The van der Waals surface area contributed by atoms with Crippen molar-refractivity contribution in [1.82, 2.24) is 5.43 Å². The number of methoxy groups -OCH3 is 1. The molecule has 0 spiro atoms. The normalized spacial score (nSPS) is 10.9. The first-order valence-corrected chi connectivity index (χ1v) is 8.42. The molecule has 0 saturated heterocycles. The number of rotatable bonds is 9. The summed E-state index contributed by atoms with van der Waals surface area (Å²) in [5, 5.41) is 14.6. The largest absolute Gasteiger partial charge is 0.546 e. The van der Waals surface area contributed by atoms with E-state index in [0.29, 0.717) is 22.8 Å². The molecule has 0 aliphatic heterocycles. The van der Waals surface area contributed by atoms with Gasteiger partial charge in [0.15, 0.2) is 18.1 Å². The van der Waals surface area contributed by atoms with Gasteiger partial charge in [-0.25, -0.2) is 5.43 Å². The second-order valence-corrected chi connectivity index (χ2v) is 5.86. The van der Waals surface area contributed by atoms with Crippen LogP contribution in [0.4, 0.5) is 0 Å². The van der Waals surface area contributed by atoms with Crippen LogP contribution < -0.4 is 24.7 Å². The number of aliphatic carboxylic acids is 1. The van der Waals surface area contributed by atoms with Crippen molar-refractivity contribution >= 4 is 17.6 Å². The molecule has 1 amide bonds. The molecule has 8 nitrogen and oxygen atoms in total. The highest BCUT2D eigenvalue weighted by atomic mass is 16.5. The van der Waals surface area contributed by atoms with Crippen LogP contribution in [0.1, 0.15) is 18.1 Å². The number of ether oxygens (including phenoxy) is 3. The van der Waals surface area contributed by atoms with Crippen LogP contribution in [0.3, 0.4) is 0 Å². The summed E-state index contributed by atoms with van der Waals surface area (Å²) in [6.07, 6.45) is 0. The van der Waals surface area contributed by atoms with Crippen LogP contribution in [0.5, 0.6) is 17.2 Å². The molecule has 28 heavy (non-hydrogen) atoms. The van der Waals surface area contributed by atoms with Crippen molar-refractivity contribution < 1.29 is 28.9 Å². The second kappa shape index (κ2) is 9.96. The Balaban J connectivity index is 1.96. The van der Waals surface area contributed by atoms with Gasteiger partial charge in [-0.15, -0.1) is 0 Å². The van der Waals surface area contributed by atoms with Crippen molar-refractivity contribution in [2.45, 2.75) is 13.8 Å². The molecule has 1 N–H and O–H groups in total. The quantitative estimate of drug-likeness (QED) is 0.510. The molecule has 2 aromatic rings. The summed E-state index contributed by atoms with van der Waals surface area (Å²) in [6, 6.07) is 12.2. The molecule has 0 fully saturated rings. The zero-order valence-electron chi connectivity index (χ0n) is 15.9. The summed E-state index contributed by atoms with van der Waals surface area (Å²) >= 11 is 0. The molecule has 0 saturated carbocycles. The second-order valence-electron chi connectivity index (χ2n) is 5.86. The number of hydrazone groups is 1. The molecule has 0 aliphatic rings. The Bertz CT molecular complexity index is 879. The number of carboxylic acids is 1. The van der Waals surface area contributed by atoms with Gasteiger partial charge >= 0.3 is 0 Å². The summed E-state index contributed by atoms with van der Waals surface area (Å²) in [5.41, 5.74) is 4.65. The highest BCUT2D eigenvalue weighted by Crippen LogP contribution is 2.28. The first-order chi connectivity index (χ1) is 13.4. The van der Waals surface area contributed by atoms with Crippen molar-refractivity contribution in [1.29, 1.82) is 0 Å². The van der Waals surface area contributed by atoms with Gasteiger partial charge in [-0.1, -0.05) is 12.1 Å². The van der Waals surface area contributed by atoms with Crippen molar-refractivity contribution in [2.75, 3.05) is 20.3 Å². The minimum absolute atomic E-state index is 0.167. The number of nitrogens with zero attached hydrogens (tertiary/aromatic N) is 1. The van der Waals surface area contributed by atoms with Crippen LogP contribution in [-0.4, -0.2) is 37.9 Å². The summed E-state index contributed by atoms with van der Waals surface area (Å²) in [5.74, 6) is -0.532. The number of hydrogen-bond acceptors (Lipinski definition) is 7. The van der Waals surface area contributed by atoms with Gasteiger partial charge in [-0.2, -0.15) is 5.10 Å². The van der Waals surface area contributed by atoms with E-state index in [2.05, 4.69) is 10.5 Å². The van der Waals surface area contributed by atoms with Gasteiger partial charge in [0.25, 0.3) is 5.91 Å². The van der Waals surface area contributed by atoms with Crippen LogP contribution in [0.2, 0.25) is 0 Å². The van der Waals surface area contributed by atoms with Crippen LogP contribution in [0, 0.1) is 6.92 Å². The zero-order chi connectivity index (χ0) is 20.5. The third kappa shape index (κ3) is 6.31. The number of carboxylic acid groups (broad SMARTS) is 1. The number of aryl methyl sites for hydroxylation is 1. The molecule has 0 unspecified atom stereocenters. The van der Waals surface area contributed by atoms with Crippen LogP contribution in [-0.2, 0) is 9.59 Å². The minimum atomic E-state index is -1.33. The molecule has 0 heterocycles. The van der Waals surface area contributed by atoms with Crippen LogP contribution >= 0.6 is 0 Å². The van der Waals surface area contributed by atoms with E-state index in [0.717, 1.165) is 5.56 Å². The first kappa shape index (κ1) is 20.8. The van der Waals surface area contributed by atoms with Gasteiger partial charge in [-0.3, -0.25) is 4.79 Å². The lowest BCUT2D eigenvalue weighted by atomic mass is 10.1. The van der Waals surface area contributed by atoms with E-state index in [-0.39, 0.29) is 12.4 Å². The lowest BCUT2D eigenvalue weighted by molar-refractivity contribution is -0.307. The van der Waals surface area contributed by atoms with E-state index >= 15 is 0 Å². The molecule has 8 heteroatoms. The SMILES string of the molecule is COc1cc(/C(C)=N\NC(=O)COc2cccc(C)c2)ccc1OCC(=O)[O-]. The molecule has 0 atom stereocenters. The standard InChI is InChI=1S/C20H22N2O6/c1-13-5-4-6-16(9-13)27-11-19(23)22-21-14(2)15-7-8-17(18(10-15)26-3)28-12-20(24)25/h4-10H,11-12H2,1-3H3,(H,22,23)(H,24,25)/p-1/b21-14-. The zero-order valence-corrected chi connectivity index (χ0v) is 15.9. The Morgan fingerprint density at radius 2 is 1.86 bits per heavy atom. The Kier molecular flexibility index (Phi) is 7.38. The third-order valence-corrected chi connectivity index (χ3v) is 3.63. The predicted octanol–water partition coefficient (Wildman–Crippen LogP) is 1.05. The van der Waals surface area contributed by atoms with Gasteiger partial charge in [0.2, 0.25) is 0 Å². The molecular weight excluding hydrogens is 364 g/mol. The highest BCUT2D eigenvalue weighted by molar-refractivity contribution is 5.99. The number of carbonyl (C=O) groups excluding carboxylic acids is 2. The molecule has 2 rings (SSSR count). The number of carbonyl (C=O) groups is 2. The fourth-order valence-electron chi connectivity index (χ4n) is 2.25. The summed E-state index contributed by atoms with van der Waals surface area (Å²) in [7, 11) is 1.43. The monoisotopic (exact) mass is 385 g/mol. The Hall–Kier alpha value is -3.55. The Morgan fingerprint density at radius 1 is 1.07 bits per heavy atom. The maximum absolute atomic E-state index is 11.9. The van der Waals surface area contributed by atoms with Gasteiger partial charge < -0.3 is 24.1 Å². The Labute approximate surface area is 162 Å². The maximum atomic E-state index is 11.9. The fourth-order valence-corrected chi connectivity index (χ4v) is 2.25. The van der Waals surface area contributed by atoms with Gasteiger partial charge in [0.1, 0.15) is 12.4 Å². The van der Waals surface area contributed by atoms with Gasteiger partial charge in [0, 0.05) is 5.56 Å². The van der Waals surface area contributed by atoms with Crippen molar-refractivity contribution in [3.05, 3.63) is 53.6 Å². The predicted molar refractivity (Wildman–Crippen MR) is 101 cm³/mol. The van der Waals surface area contributed by atoms with E-state index in [1.165, 1.54) is 7.11 Å². The molecule has 0 bridgehead atoms. The molecule has 148 valence electrons. The van der Waals surface area contributed by atoms with Gasteiger partial charge in [0.05, 0.1) is 18.8 Å². The summed E-state index contributed by atoms with van der Waals surface area (Å²) in [6.45, 7) is 2.89. The van der Waals surface area contributed by atoms with E-state index in [9.17, 15) is 14.7 Å². The summed E-state index contributed by atoms with van der Waals surface area (Å²) in [4.78, 5) is 22.4. The van der Waals surface area contributed by atoms with E-state index < -0.39 is 18.5 Å². The lowest BCUT2D eigenvalue weighted by Gasteiger charge is -2.12. The molecule has 0 aromatic heterocycles. The van der Waals surface area contributed by atoms with Crippen LogP contribution in [0.25, 0.3) is 0 Å². The van der Waals surface area contributed by atoms with Crippen LogP contribution in [0.15, 0.2) is 47.6 Å². The molecule has 0 aliphatic carbocycles. The lowest BCUT2D eigenvalue weighted by Crippen LogP contribution is -2.29. The third-order valence-electron chi connectivity index (χ3n) is 3.63. The van der Waals surface area contributed by atoms with E-state index in [1.54, 1.807) is 31.2 Å². The average Bonchev–Trinajstić information content (AvgIpc) is 2.68. The molecule has 2 aromatic carbocycles. The topological polar surface area (TPSA) is 109 Å². The van der Waals surface area contributed by atoms with Gasteiger partial charge in [-0.05, 0) is 49.7 Å². The molecule has 0 radical (unpaired) electrons. The van der Waals surface area contributed by atoms with E-state index in [1.807, 2.05) is 25.1 Å². The fraction of sp³-hybridized carbons (Fsp3) is 0.250. The Morgan fingerprint density at radius 3 is 2.54 bits per heavy atom. The number of nitrogens with one attached hydrogen (secondary N) is 1. The number of benzene rings is 2. The molecular formula is C20H21N2O6-. The van der Waals surface area contributed by atoms with Crippen molar-refractivity contribution in [3.63, 3.8) is 0 Å². The van der Waals surface area contributed by atoms with Crippen molar-refractivity contribution in [2.24, 2.45) is 5.10 Å². The maximum Gasteiger partial charge on any atom is 0.277 e. The highest BCUT2D eigenvalue weighted by Gasteiger charge is 2.09. The summed E-state index contributed by atoms with van der Waals surface area (Å²) < 4.78 is 15.7.